The fourth-order valence-electron chi connectivity index (χ4n) is 4.04. The van der Waals surface area contributed by atoms with E-state index in [1.165, 1.54) is 4.90 Å². The van der Waals surface area contributed by atoms with E-state index in [1.54, 1.807) is 36.4 Å². The first-order chi connectivity index (χ1) is 16.5. The first-order valence-electron chi connectivity index (χ1n) is 11.1. The molecule has 0 bridgehead atoms. The Bertz CT molecular complexity index is 1180. The molecule has 174 valence electrons. The Morgan fingerprint density at radius 2 is 1.68 bits per heavy atom. The Labute approximate surface area is 203 Å². The molecule has 1 aliphatic rings. The SMILES string of the molecule is CCOc1ccc(N2C(=O)CC(N(Cc3ccccc3Cl)C(=O)Cc3ccccc3)C2=O)cc1. The van der Waals surface area contributed by atoms with E-state index in [-0.39, 0.29) is 31.2 Å². The molecular weight excluding hydrogens is 452 g/mol. The molecule has 6 nitrogen and oxygen atoms in total. The van der Waals surface area contributed by atoms with Crippen LogP contribution >= 0.6 is 11.6 Å². The van der Waals surface area contributed by atoms with E-state index in [2.05, 4.69) is 0 Å². The number of hydrogen-bond donors (Lipinski definition) is 0. The van der Waals surface area contributed by atoms with Crippen LogP contribution in [0.4, 0.5) is 5.69 Å². The van der Waals surface area contributed by atoms with Gasteiger partial charge in [0, 0.05) is 11.6 Å². The number of nitrogens with zero attached hydrogens (tertiary/aromatic N) is 2. The summed E-state index contributed by atoms with van der Waals surface area (Å²) in [5.74, 6) is -0.371. The summed E-state index contributed by atoms with van der Waals surface area (Å²) in [6.07, 6.45) is 0.0311. The zero-order valence-corrected chi connectivity index (χ0v) is 19.6. The van der Waals surface area contributed by atoms with E-state index in [0.29, 0.717) is 28.6 Å². The number of ether oxygens (including phenoxy) is 1. The van der Waals surface area contributed by atoms with Gasteiger partial charge in [-0.1, -0.05) is 60.1 Å². The third-order valence-corrected chi connectivity index (χ3v) is 6.09. The lowest BCUT2D eigenvalue weighted by Gasteiger charge is -2.28. The Morgan fingerprint density at radius 1 is 1.00 bits per heavy atom. The van der Waals surface area contributed by atoms with Crippen molar-refractivity contribution in [2.24, 2.45) is 0 Å². The van der Waals surface area contributed by atoms with Crippen molar-refractivity contribution < 1.29 is 19.1 Å². The van der Waals surface area contributed by atoms with Gasteiger partial charge in [0.2, 0.25) is 11.8 Å². The Morgan fingerprint density at radius 3 is 2.35 bits per heavy atom. The van der Waals surface area contributed by atoms with Crippen LogP contribution in [0.25, 0.3) is 0 Å². The Kier molecular flexibility index (Phi) is 7.28. The molecule has 0 N–H and O–H groups in total. The first kappa shape index (κ1) is 23.5. The number of rotatable bonds is 8. The molecule has 1 heterocycles. The summed E-state index contributed by atoms with van der Waals surface area (Å²) in [5, 5.41) is 0.500. The number of carbonyl (C=O) groups is 3. The monoisotopic (exact) mass is 476 g/mol. The summed E-state index contributed by atoms with van der Waals surface area (Å²) in [6, 6.07) is 22.4. The van der Waals surface area contributed by atoms with Gasteiger partial charge >= 0.3 is 0 Å². The normalized spacial score (nSPS) is 15.5. The van der Waals surface area contributed by atoms with Crippen LogP contribution in [0.5, 0.6) is 5.75 Å². The number of hydrogen-bond acceptors (Lipinski definition) is 4. The number of benzene rings is 3. The van der Waals surface area contributed by atoms with Crippen LogP contribution in [0.2, 0.25) is 5.02 Å². The van der Waals surface area contributed by atoms with Crippen molar-refractivity contribution in [2.75, 3.05) is 11.5 Å². The van der Waals surface area contributed by atoms with Crippen LogP contribution in [0.15, 0.2) is 78.9 Å². The summed E-state index contributed by atoms with van der Waals surface area (Å²) in [7, 11) is 0. The highest BCUT2D eigenvalue weighted by molar-refractivity contribution is 6.31. The van der Waals surface area contributed by atoms with Gasteiger partial charge in [-0.15, -0.1) is 0 Å². The molecule has 4 rings (SSSR count). The van der Waals surface area contributed by atoms with Gasteiger partial charge in [0.05, 0.1) is 25.1 Å². The molecule has 0 aliphatic carbocycles. The molecule has 1 saturated heterocycles. The molecule has 3 aromatic rings. The standard InChI is InChI=1S/C27H25ClN2O4/c1-2-34-22-14-12-21(13-15-22)30-26(32)17-24(27(30)33)29(18-20-10-6-7-11-23(20)28)25(31)16-19-8-4-3-5-9-19/h3-15,24H,2,16-18H2,1H3. The van der Waals surface area contributed by atoms with E-state index in [4.69, 9.17) is 16.3 Å². The quantitative estimate of drug-likeness (QED) is 0.444. The molecule has 34 heavy (non-hydrogen) atoms. The lowest BCUT2D eigenvalue weighted by atomic mass is 10.1. The zero-order valence-electron chi connectivity index (χ0n) is 18.8. The lowest BCUT2D eigenvalue weighted by Crippen LogP contribution is -2.45. The number of imide groups is 1. The second-order valence-electron chi connectivity index (χ2n) is 7.99. The van der Waals surface area contributed by atoms with E-state index in [9.17, 15) is 14.4 Å². The smallest absolute Gasteiger partial charge is 0.257 e. The van der Waals surface area contributed by atoms with Gasteiger partial charge in [-0.05, 0) is 48.4 Å². The highest BCUT2D eigenvalue weighted by Gasteiger charge is 2.44. The van der Waals surface area contributed by atoms with E-state index in [0.717, 1.165) is 10.5 Å². The van der Waals surface area contributed by atoms with Gasteiger partial charge < -0.3 is 9.64 Å². The summed E-state index contributed by atoms with van der Waals surface area (Å²) in [5.41, 5.74) is 2.00. The van der Waals surface area contributed by atoms with Crippen LogP contribution < -0.4 is 9.64 Å². The Hall–Kier alpha value is -3.64. The average molecular weight is 477 g/mol. The van der Waals surface area contributed by atoms with Gasteiger partial charge in [-0.2, -0.15) is 0 Å². The third kappa shape index (κ3) is 5.13. The predicted molar refractivity (Wildman–Crippen MR) is 131 cm³/mol. The average Bonchev–Trinajstić information content (AvgIpc) is 3.13. The summed E-state index contributed by atoms with van der Waals surface area (Å²) in [4.78, 5) is 42.4. The second-order valence-corrected chi connectivity index (χ2v) is 8.40. The summed E-state index contributed by atoms with van der Waals surface area (Å²) >= 11 is 6.36. The number of carbonyl (C=O) groups excluding carboxylic acids is 3. The van der Waals surface area contributed by atoms with Gasteiger partial charge in [0.15, 0.2) is 0 Å². The molecule has 3 amide bonds. The van der Waals surface area contributed by atoms with Crippen molar-refractivity contribution in [1.82, 2.24) is 4.90 Å². The van der Waals surface area contributed by atoms with Crippen LogP contribution in [-0.2, 0) is 27.3 Å². The van der Waals surface area contributed by atoms with Crippen molar-refractivity contribution in [3.63, 3.8) is 0 Å². The zero-order chi connectivity index (χ0) is 24.1. The fraction of sp³-hybridized carbons (Fsp3) is 0.222. The Balaban J connectivity index is 1.62. The van der Waals surface area contributed by atoms with Gasteiger partial charge in [0.1, 0.15) is 11.8 Å². The largest absolute Gasteiger partial charge is 0.494 e. The number of anilines is 1. The molecule has 0 radical (unpaired) electrons. The summed E-state index contributed by atoms with van der Waals surface area (Å²) < 4.78 is 5.45. The molecule has 1 aliphatic heterocycles. The van der Waals surface area contributed by atoms with Crippen molar-refractivity contribution >= 4 is 35.0 Å². The molecule has 1 unspecified atom stereocenters. The van der Waals surface area contributed by atoms with E-state index in [1.807, 2.05) is 49.4 Å². The minimum Gasteiger partial charge on any atom is -0.494 e. The van der Waals surface area contributed by atoms with E-state index >= 15 is 0 Å². The van der Waals surface area contributed by atoms with Crippen molar-refractivity contribution in [2.45, 2.75) is 32.4 Å². The molecule has 7 heteroatoms. The van der Waals surface area contributed by atoms with Crippen LogP contribution in [0.3, 0.4) is 0 Å². The third-order valence-electron chi connectivity index (χ3n) is 5.72. The second kappa shape index (κ2) is 10.5. The van der Waals surface area contributed by atoms with Crippen molar-refractivity contribution in [3.8, 4) is 5.75 Å². The topological polar surface area (TPSA) is 66.9 Å². The fourth-order valence-corrected chi connectivity index (χ4v) is 4.24. The maximum absolute atomic E-state index is 13.4. The van der Waals surface area contributed by atoms with Crippen molar-refractivity contribution in [3.05, 3.63) is 95.0 Å². The molecular formula is C27H25ClN2O4. The van der Waals surface area contributed by atoms with Crippen LogP contribution in [0, 0.1) is 0 Å². The molecule has 3 aromatic carbocycles. The molecule has 0 spiro atoms. The number of amides is 3. The van der Waals surface area contributed by atoms with Gasteiger partial charge in [-0.25, -0.2) is 4.90 Å². The minimum atomic E-state index is -0.911. The lowest BCUT2D eigenvalue weighted by molar-refractivity contribution is -0.138. The van der Waals surface area contributed by atoms with Crippen LogP contribution in [0.1, 0.15) is 24.5 Å². The van der Waals surface area contributed by atoms with Crippen LogP contribution in [-0.4, -0.2) is 35.3 Å². The maximum atomic E-state index is 13.4. The van der Waals surface area contributed by atoms with Gasteiger partial charge in [0.25, 0.3) is 5.91 Å². The first-order valence-corrected chi connectivity index (χ1v) is 11.5. The van der Waals surface area contributed by atoms with Crippen molar-refractivity contribution in [1.29, 1.82) is 0 Å². The molecule has 1 atom stereocenters. The number of halogens is 1. The molecule has 1 fully saturated rings. The minimum absolute atomic E-state index is 0.0863. The van der Waals surface area contributed by atoms with E-state index < -0.39 is 11.9 Å². The molecule has 0 aromatic heterocycles. The van der Waals surface area contributed by atoms with Gasteiger partial charge in [-0.3, -0.25) is 14.4 Å². The predicted octanol–water partition coefficient (Wildman–Crippen LogP) is 4.64. The highest BCUT2D eigenvalue weighted by Crippen LogP contribution is 2.29. The highest BCUT2D eigenvalue weighted by atomic mass is 35.5. The molecule has 0 saturated carbocycles. The maximum Gasteiger partial charge on any atom is 0.257 e. The summed E-state index contributed by atoms with van der Waals surface area (Å²) in [6.45, 7) is 2.53.